The number of thiocarbonyl (C=S) groups is 1. The number of hydrogen-bond acceptors (Lipinski definition) is 5. The number of nitrogens with zero attached hydrogens (tertiary/aromatic N) is 2. The van der Waals surface area contributed by atoms with E-state index in [0.29, 0.717) is 34.5 Å². The number of likely N-dealkylation sites (N-methyl/N-ethyl adjacent to an activating group) is 1. The quantitative estimate of drug-likeness (QED) is 0.517. The molecule has 0 aliphatic carbocycles. The molecule has 160 valence electrons. The molecule has 0 bridgehead atoms. The van der Waals surface area contributed by atoms with Crippen molar-refractivity contribution in [1.29, 1.82) is 0 Å². The van der Waals surface area contributed by atoms with E-state index >= 15 is 0 Å². The molecule has 1 fully saturated rings. The minimum absolute atomic E-state index is 0.305. The Balaban J connectivity index is 1.50. The van der Waals surface area contributed by atoms with Crippen LogP contribution in [-0.2, 0) is 11.3 Å². The van der Waals surface area contributed by atoms with Gasteiger partial charge in [-0.2, -0.15) is 0 Å². The van der Waals surface area contributed by atoms with Gasteiger partial charge in [0, 0.05) is 44.1 Å². The van der Waals surface area contributed by atoms with E-state index in [1.54, 1.807) is 25.1 Å². The van der Waals surface area contributed by atoms with E-state index in [9.17, 15) is 4.79 Å². The third kappa shape index (κ3) is 6.08. The molecule has 0 saturated carbocycles. The summed E-state index contributed by atoms with van der Waals surface area (Å²) in [5, 5.41) is 7.09. The fourth-order valence-electron chi connectivity index (χ4n) is 3.21. The smallest absolute Gasteiger partial charge is 0.339 e. The minimum atomic E-state index is -0.435. The maximum atomic E-state index is 11.8. The summed E-state index contributed by atoms with van der Waals surface area (Å²) in [6, 6.07) is 13.6. The fraction of sp³-hybridized carbons (Fsp3) is 0.364. The molecule has 0 amide bonds. The van der Waals surface area contributed by atoms with E-state index in [-0.39, 0.29) is 0 Å². The number of anilines is 2. The van der Waals surface area contributed by atoms with Crippen molar-refractivity contribution in [1.82, 2.24) is 10.2 Å². The van der Waals surface area contributed by atoms with Crippen molar-refractivity contribution in [2.45, 2.75) is 13.5 Å². The van der Waals surface area contributed by atoms with Crippen LogP contribution in [0.5, 0.6) is 0 Å². The number of esters is 1. The third-order valence-corrected chi connectivity index (χ3v) is 5.54. The van der Waals surface area contributed by atoms with Crippen molar-refractivity contribution in [3.05, 3.63) is 58.6 Å². The van der Waals surface area contributed by atoms with Gasteiger partial charge in [0.05, 0.1) is 17.2 Å². The van der Waals surface area contributed by atoms with Crippen LogP contribution >= 0.6 is 23.8 Å². The third-order valence-electron chi connectivity index (χ3n) is 4.98. The highest BCUT2D eigenvalue weighted by Crippen LogP contribution is 2.22. The summed E-state index contributed by atoms with van der Waals surface area (Å²) in [7, 11) is 2.16. The minimum Gasteiger partial charge on any atom is -0.462 e. The van der Waals surface area contributed by atoms with E-state index in [4.69, 9.17) is 28.6 Å². The largest absolute Gasteiger partial charge is 0.462 e. The Kier molecular flexibility index (Phi) is 7.90. The van der Waals surface area contributed by atoms with Crippen LogP contribution in [0.25, 0.3) is 0 Å². The summed E-state index contributed by atoms with van der Waals surface area (Å²) in [6.07, 6.45) is 0. The number of ether oxygens (including phenoxy) is 1. The zero-order valence-electron chi connectivity index (χ0n) is 17.3. The zero-order chi connectivity index (χ0) is 21.5. The molecule has 2 aromatic rings. The lowest BCUT2D eigenvalue weighted by atomic mass is 10.2. The van der Waals surface area contributed by atoms with Crippen LogP contribution in [0.3, 0.4) is 0 Å². The molecule has 1 saturated heterocycles. The van der Waals surface area contributed by atoms with Gasteiger partial charge in [-0.05, 0) is 62.1 Å². The van der Waals surface area contributed by atoms with Gasteiger partial charge in [0.2, 0.25) is 0 Å². The van der Waals surface area contributed by atoms with E-state index < -0.39 is 5.97 Å². The Morgan fingerprint density at radius 3 is 2.47 bits per heavy atom. The molecular weight excluding hydrogens is 420 g/mol. The Hall–Kier alpha value is -2.35. The van der Waals surface area contributed by atoms with Gasteiger partial charge in [0.25, 0.3) is 0 Å². The Morgan fingerprint density at radius 2 is 1.83 bits per heavy atom. The van der Waals surface area contributed by atoms with Gasteiger partial charge < -0.3 is 25.2 Å². The summed E-state index contributed by atoms with van der Waals surface area (Å²) >= 11 is 11.6. The SMILES string of the molecule is CCOC(=O)c1ccc(NC(=S)NCc2ccc(N3CCN(C)CC3)cc2)cc1Cl. The molecule has 3 rings (SSSR count). The number of halogens is 1. The first-order valence-electron chi connectivity index (χ1n) is 10.00. The van der Waals surface area contributed by atoms with Crippen LogP contribution in [0.4, 0.5) is 11.4 Å². The first-order valence-corrected chi connectivity index (χ1v) is 10.8. The van der Waals surface area contributed by atoms with Crippen molar-refractivity contribution < 1.29 is 9.53 Å². The van der Waals surface area contributed by atoms with Crippen LogP contribution < -0.4 is 15.5 Å². The Morgan fingerprint density at radius 1 is 1.13 bits per heavy atom. The number of carbonyl (C=O) groups is 1. The lowest BCUT2D eigenvalue weighted by molar-refractivity contribution is 0.0526. The van der Waals surface area contributed by atoms with Crippen molar-refractivity contribution in [3.8, 4) is 0 Å². The summed E-state index contributed by atoms with van der Waals surface area (Å²) in [4.78, 5) is 16.6. The Labute approximate surface area is 188 Å². The lowest BCUT2D eigenvalue weighted by Crippen LogP contribution is -2.44. The van der Waals surface area contributed by atoms with Gasteiger partial charge in [-0.1, -0.05) is 23.7 Å². The van der Waals surface area contributed by atoms with Gasteiger partial charge in [-0.15, -0.1) is 0 Å². The molecule has 0 unspecified atom stereocenters. The highest BCUT2D eigenvalue weighted by atomic mass is 35.5. The molecule has 2 aromatic carbocycles. The van der Waals surface area contributed by atoms with Crippen LogP contribution in [0.15, 0.2) is 42.5 Å². The molecule has 1 heterocycles. The first-order chi connectivity index (χ1) is 14.5. The molecule has 8 heteroatoms. The van der Waals surface area contributed by atoms with Gasteiger partial charge in [0.1, 0.15) is 0 Å². The van der Waals surface area contributed by atoms with Crippen LogP contribution in [0, 0.1) is 0 Å². The number of benzene rings is 2. The molecule has 6 nitrogen and oxygen atoms in total. The number of carbonyl (C=O) groups excluding carboxylic acids is 1. The average molecular weight is 447 g/mol. The summed E-state index contributed by atoms with van der Waals surface area (Å²) in [6.45, 7) is 6.97. The van der Waals surface area contributed by atoms with Crippen LogP contribution in [-0.4, -0.2) is 55.8 Å². The van der Waals surface area contributed by atoms with Gasteiger partial charge >= 0.3 is 5.97 Å². The van der Waals surface area contributed by atoms with Crippen molar-refractivity contribution in [2.75, 3.05) is 50.1 Å². The molecule has 1 aliphatic rings. The lowest BCUT2D eigenvalue weighted by Gasteiger charge is -2.34. The molecule has 0 aromatic heterocycles. The van der Waals surface area contributed by atoms with Crippen molar-refractivity contribution >= 4 is 46.3 Å². The highest BCUT2D eigenvalue weighted by molar-refractivity contribution is 7.80. The highest BCUT2D eigenvalue weighted by Gasteiger charge is 2.14. The van der Waals surface area contributed by atoms with E-state index in [1.165, 1.54) is 5.69 Å². The predicted molar refractivity (Wildman–Crippen MR) is 127 cm³/mol. The van der Waals surface area contributed by atoms with Crippen molar-refractivity contribution in [3.63, 3.8) is 0 Å². The number of rotatable bonds is 6. The Bertz CT molecular complexity index is 883. The van der Waals surface area contributed by atoms with Gasteiger partial charge in [-0.3, -0.25) is 0 Å². The van der Waals surface area contributed by atoms with E-state index in [0.717, 1.165) is 31.7 Å². The first kappa shape index (κ1) is 22.3. The molecule has 30 heavy (non-hydrogen) atoms. The van der Waals surface area contributed by atoms with Crippen LogP contribution in [0.2, 0.25) is 5.02 Å². The molecule has 1 aliphatic heterocycles. The van der Waals surface area contributed by atoms with Gasteiger partial charge in [0.15, 0.2) is 5.11 Å². The summed E-state index contributed by atoms with van der Waals surface area (Å²) < 4.78 is 4.98. The normalized spacial score (nSPS) is 14.3. The topological polar surface area (TPSA) is 56.8 Å². The fourth-order valence-corrected chi connectivity index (χ4v) is 3.66. The molecule has 0 spiro atoms. The van der Waals surface area contributed by atoms with E-state index in [1.807, 2.05) is 0 Å². The number of piperazine rings is 1. The second-order valence-electron chi connectivity index (χ2n) is 7.18. The predicted octanol–water partition coefficient (Wildman–Crippen LogP) is 3.76. The maximum absolute atomic E-state index is 11.8. The monoisotopic (exact) mass is 446 g/mol. The molecule has 0 atom stereocenters. The number of nitrogens with one attached hydrogen (secondary N) is 2. The summed E-state index contributed by atoms with van der Waals surface area (Å²) in [5.41, 5.74) is 3.44. The molecule has 2 N–H and O–H groups in total. The zero-order valence-corrected chi connectivity index (χ0v) is 18.9. The average Bonchev–Trinajstić information content (AvgIpc) is 2.73. The van der Waals surface area contributed by atoms with Gasteiger partial charge in [-0.25, -0.2) is 4.79 Å². The molecular formula is C22H27ClN4O2S. The maximum Gasteiger partial charge on any atom is 0.339 e. The summed E-state index contributed by atoms with van der Waals surface area (Å²) in [5.74, 6) is -0.435. The van der Waals surface area contributed by atoms with Crippen LogP contribution in [0.1, 0.15) is 22.8 Å². The second kappa shape index (κ2) is 10.6. The standard InChI is InChI=1S/C22H27ClN4O2S/c1-3-29-21(28)19-9-6-17(14-20(19)23)25-22(30)24-15-16-4-7-18(8-5-16)27-12-10-26(2)11-13-27/h4-9,14H,3,10-13,15H2,1-2H3,(H2,24,25,30). The number of hydrogen-bond donors (Lipinski definition) is 2. The molecule has 0 radical (unpaired) electrons. The van der Waals surface area contributed by atoms with Crippen molar-refractivity contribution in [2.24, 2.45) is 0 Å². The van der Waals surface area contributed by atoms with E-state index in [2.05, 4.69) is 51.7 Å². The second-order valence-corrected chi connectivity index (χ2v) is 7.99.